The molecule has 2 aliphatic rings. The lowest BCUT2D eigenvalue weighted by atomic mass is 9.90. The molecule has 1 amide bonds. The summed E-state index contributed by atoms with van der Waals surface area (Å²) >= 11 is 0. The molecule has 112 valence electrons. The Bertz CT molecular complexity index is 540. The molecule has 2 aliphatic heterocycles. The Balaban J connectivity index is 1.68. The first kappa shape index (κ1) is 14.1. The zero-order valence-corrected chi connectivity index (χ0v) is 12.6. The maximum absolute atomic E-state index is 12.3. The lowest BCUT2D eigenvalue weighted by Gasteiger charge is -2.39. The van der Waals surface area contributed by atoms with Crippen LogP contribution in [0.15, 0.2) is 35.3 Å². The van der Waals surface area contributed by atoms with Gasteiger partial charge in [-0.25, -0.2) is 4.99 Å². The highest BCUT2D eigenvalue weighted by molar-refractivity contribution is 6.00. The van der Waals surface area contributed by atoms with Crippen LogP contribution in [0.1, 0.15) is 12.0 Å². The van der Waals surface area contributed by atoms with E-state index in [-0.39, 0.29) is 17.9 Å². The van der Waals surface area contributed by atoms with Gasteiger partial charge in [0, 0.05) is 33.7 Å². The molecule has 0 bridgehead atoms. The molecule has 21 heavy (non-hydrogen) atoms. The van der Waals surface area contributed by atoms with Crippen LogP contribution in [-0.4, -0.2) is 54.9 Å². The van der Waals surface area contributed by atoms with E-state index in [4.69, 9.17) is 0 Å². The Morgan fingerprint density at radius 1 is 1.33 bits per heavy atom. The molecule has 1 aromatic carbocycles. The zero-order chi connectivity index (χ0) is 14.8. The van der Waals surface area contributed by atoms with Crippen molar-refractivity contribution in [2.24, 2.45) is 10.9 Å². The third kappa shape index (κ3) is 3.08. The molecule has 1 N–H and O–H groups in total. The normalized spacial score (nSPS) is 25.8. The van der Waals surface area contributed by atoms with Crippen LogP contribution in [0.2, 0.25) is 0 Å². The Labute approximate surface area is 125 Å². The molecule has 1 fully saturated rings. The van der Waals surface area contributed by atoms with E-state index >= 15 is 0 Å². The summed E-state index contributed by atoms with van der Waals surface area (Å²) in [4.78, 5) is 21.2. The van der Waals surface area contributed by atoms with Crippen LogP contribution in [0.3, 0.4) is 0 Å². The summed E-state index contributed by atoms with van der Waals surface area (Å²) in [5.41, 5.74) is 1.30. The minimum atomic E-state index is -0.0221. The topological polar surface area (TPSA) is 47.9 Å². The number of carbonyl (C=O) groups excluding carboxylic acids is 1. The fraction of sp³-hybridized carbons (Fsp3) is 0.500. The standard InChI is InChI=1S/C16H22N4O/c1-19(2)16-17-14-8-9-20(11-13(14)15(21)18-16)10-12-6-4-3-5-7-12/h3-7,13-14H,8-11H2,1-2H3,(H,17,18,21)/t13-,14-/m1/s1. The molecule has 1 aromatic rings. The quantitative estimate of drug-likeness (QED) is 0.879. The van der Waals surface area contributed by atoms with Gasteiger partial charge >= 0.3 is 0 Å². The number of hydrogen-bond acceptors (Lipinski definition) is 4. The number of likely N-dealkylation sites (tertiary alicyclic amines) is 1. The SMILES string of the molecule is CN(C)C1=N[C@@H]2CCN(Cc3ccccc3)C[C@H]2C(=O)N1. The third-order valence-electron chi connectivity index (χ3n) is 4.19. The number of piperidine rings is 1. The van der Waals surface area contributed by atoms with Crippen molar-refractivity contribution in [1.82, 2.24) is 15.1 Å². The second-order valence-electron chi connectivity index (χ2n) is 6.02. The molecule has 5 nitrogen and oxygen atoms in total. The Morgan fingerprint density at radius 3 is 2.81 bits per heavy atom. The smallest absolute Gasteiger partial charge is 0.233 e. The fourth-order valence-corrected chi connectivity index (χ4v) is 3.02. The van der Waals surface area contributed by atoms with Crippen LogP contribution in [0.25, 0.3) is 0 Å². The maximum atomic E-state index is 12.3. The average Bonchev–Trinajstić information content (AvgIpc) is 2.48. The molecule has 0 unspecified atom stereocenters. The second kappa shape index (κ2) is 5.85. The van der Waals surface area contributed by atoms with Crippen molar-refractivity contribution in [3.63, 3.8) is 0 Å². The van der Waals surface area contributed by atoms with Crippen LogP contribution < -0.4 is 5.32 Å². The highest BCUT2D eigenvalue weighted by Crippen LogP contribution is 2.24. The van der Waals surface area contributed by atoms with Crippen molar-refractivity contribution < 1.29 is 4.79 Å². The monoisotopic (exact) mass is 286 g/mol. The minimum Gasteiger partial charge on any atom is -0.349 e. The van der Waals surface area contributed by atoms with E-state index in [1.54, 1.807) is 0 Å². The van der Waals surface area contributed by atoms with Crippen LogP contribution >= 0.6 is 0 Å². The first-order chi connectivity index (χ1) is 10.1. The summed E-state index contributed by atoms with van der Waals surface area (Å²) in [5.74, 6) is 0.778. The molecule has 3 rings (SSSR count). The number of carbonyl (C=O) groups is 1. The minimum absolute atomic E-state index is 0.0221. The van der Waals surface area contributed by atoms with E-state index in [0.29, 0.717) is 5.96 Å². The number of aliphatic imine (C=N–C) groups is 1. The first-order valence-corrected chi connectivity index (χ1v) is 7.46. The molecular formula is C16H22N4O. The molecule has 0 spiro atoms. The van der Waals surface area contributed by atoms with Gasteiger partial charge in [-0.1, -0.05) is 30.3 Å². The van der Waals surface area contributed by atoms with Crippen LogP contribution in [0.4, 0.5) is 0 Å². The summed E-state index contributed by atoms with van der Waals surface area (Å²) in [6.07, 6.45) is 0.947. The van der Waals surface area contributed by atoms with Crippen molar-refractivity contribution in [1.29, 1.82) is 0 Å². The predicted octanol–water partition coefficient (Wildman–Crippen LogP) is 0.924. The number of nitrogens with zero attached hydrogens (tertiary/aromatic N) is 3. The summed E-state index contributed by atoms with van der Waals surface area (Å²) in [6.45, 7) is 2.69. The van der Waals surface area contributed by atoms with Gasteiger partial charge in [-0.2, -0.15) is 0 Å². The lowest BCUT2D eigenvalue weighted by molar-refractivity contribution is -0.126. The molecule has 2 atom stereocenters. The summed E-state index contributed by atoms with van der Waals surface area (Å²) < 4.78 is 0. The van der Waals surface area contributed by atoms with E-state index in [1.165, 1.54) is 5.56 Å². The average molecular weight is 286 g/mol. The molecule has 0 aliphatic carbocycles. The molecule has 0 radical (unpaired) electrons. The number of amides is 1. The van der Waals surface area contributed by atoms with Crippen molar-refractivity contribution >= 4 is 11.9 Å². The van der Waals surface area contributed by atoms with Gasteiger partial charge in [0.1, 0.15) is 0 Å². The highest BCUT2D eigenvalue weighted by Gasteiger charge is 2.38. The molecule has 5 heteroatoms. The van der Waals surface area contributed by atoms with Gasteiger partial charge < -0.3 is 4.90 Å². The van der Waals surface area contributed by atoms with Gasteiger partial charge in [0.2, 0.25) is 5.91 Å². The van der Waals surface area contributed by atoms with Crippen LogP contribution in [0.5, 0.6) is 0 Å². The molecule has 1 saturated heterocycles. The number of hydrogen-bond donors (Lipinski definition) is 1. The molecule has 2 heterocycles. The number of fused-ring (bicyclic) bond motifs is 1. The number of nitrogens with one attached hydrogen (secondary N) is 1. The number of guanidine groups is 1. The number of benzene rings is 1. The van der Waals surface area contributed by atoms with E-state index in [0.717, 1.165) is 26.1 Å². The van der Waals surface area contributed by atoms with E-state index in [1.807, 2.05) is 25.1 Å². The molecule has 0 saturated carbocycles. The van der Waals surface area contributed by atoms with E-state index in [9.17, 15) is 4.79 Å². The van der Waals surface area contributed by atoms with Gasteiger partial charge in [0.05, 0.1) is 12.0 Å². The van der Waals surface area contributed by atoms with Gasteiger partial charge in [-0.3, -0.25) is 15.0 Å². The first-order valence-electron chi connectivity index (χ1n) is 7.46. The highest BCUT2D eigenvalue weighted by atomic mass is 16.2. The predicted molar refractivity (Wildman–Crippen MR) is 82.9 cm³/mol. The van der Waals surface area contributed by atoms with Crippen molar-refractivity contribution in [2.45, 2.75) is 19.0 Å². The maximum Gasteiger partial charge on any atom is 0.233 e. The van der Waals surface area contributed by atoms with Crippen molar-refractivity contribution in [3.05, 3.63) is 35.9 Å². The van der Waals surface area contributed by atoms with Crippen molar-refractivity contribution in [3.8, 4) is 0 Å². The zero-order valence-electron chi connectivity index (χ0n) is 12.6. The second-order valence-corrected chi connectivity index (χ2v) is 6.02. The van der Waals surface area contributed by atoms with Gasteiger partial charge in [0.15, 0.2) is 5.96 Å². The molecule has 0 aromatic heterocycles. The van der Waals surface area contributed by atoms with Gasteiger partial charge in [-0.15, -0.1) is 0 Å². The van der Waals surface area contributed by atoms with E-state index in [2.05, 4.69) is 39.5 Å². The Kier molecular flexibility index (Phi) is 3.92. The Morgan fingerprint density at radius 2 is 2.10 bits per heavy atom. The summed E-state index contributed by atoms with van der Waals surface area (Å²) in [5, 5.41) is 2.91. The van der Waals surface area contributed by atoms with Gasteiger partial charge in [-0.05, 0) is 12.0 Å². The fourth-order valence-electron chi connectivity index (χ4n) is 3.02. The van der Waals surface area contributed by atoms with E-state index < -0.39 is 0 Å². The largest absolute Gasteiger partial charge is 0.349 e. The third-order valence-corrected chi connectivity index (χ3v) is 4.19. The van der Waals surface area contributed by atoms with Crippen LogP contribution in [-0.2, 0) is 11.3 Å². The summed E-state index contributed by atoms with van der Waals surface area (Å²) in [6, 6.07) is 10.5. The van der Waals surface area contributed by atoms with Gasteiger partial charge in [0.25, 0.3) is 0 Å². The Hall–Kier alpha value is -1.88. The molecular weight excluding hydrogens is 264 g/mol. The number of rotatable bonds is 2. The lowest BCUT2D eigenvalue weighted by Crippen LogP contribution is -2.56. The summed E-state index contributed by atoms with van der Waals surface area (Å²) in [7, 11) is 3.81. The van der Waals surface area contributed by atoms with Crippen LogP contribution in [0, 0.1) is 5.92 Å². The van der Waals surface area contributed by atoms with Crippen molar-refractivity contribution in [2.75, 3.05) is 27.2 Å².